The Bertz CT molecular complexity index is 1280. The number of carbonyl (C=O) groups is 1. The van der Waals surface area contributed by atoms with Crippen molar-refractivity contribution in [3.05, 3.63) is 24.3 Å². The molecule has 1 amide bonds. The molecule has 9 atom stereocenters. The molecular formula is C65H125NO10. The molecular weight excluding hydrogens is 955 g/mol. The SMILES string of the molecule is CCCCCCCCCCCCCCCCCCCCCCCCC/C=C/CC/C=C/CCCC(O)C(O)C(COC1OC(CO)C(O)C(O)C1O)NC(=O)C(O)CCCCCCCCCCCCCCCCCCC. The maximum Gasteiger partial charge on any atom is 0.249 e. The smallest absolute Gasteiger partial charge is 0.249 e. The van der Waals surface area contributed by atoms with E-state index in [9.17, 15) is 40.5 Å². The summed E-state index contributed by atoms with van der Waals surface area (Å²) < 4.78 is 11.1. The fourth-order valence-electron chi connectivity index (χ4n) is 10.7. The van der Waals surface area contributed by atoms with Crippen molar-refractivity contribution in [1.29, 1.82) is 0 Å². The number of rotatable bonds is 57. The maximum atomic E-state index is 13.2. The van der Waals surface area contributed by atoms with E-state index in [-0.39, 0.29) is 12.8 Å². The Hall–Kier alpha value is -1.41. The van der Waals surface area contributed by atoms with E-state index in [4.69, 9.17) is 9.47 Å². The van der Waals surface area contributed by atoms with E-state index in [1.165, 1.54) is 231 Å². The first-order chi connectivity index (χ1) is 37.2. The third-order valence-corrected chi connectivity index (χ3v) is 16.0. The molecule has 1 saturated heterocycles. The summed E-state index contributed by atoms with van der Waals surface area (Å²) in [6.07, 6.45) is 55.5. The molecule has 1 heterocycles. The molecule has 0 spiro atoms. The second-order valence-corrected chi connectivity index (χ2v) is 23.2. The zero-order valence-electron chi connectivity index (χ0n) is 49.5. The zero-order chi connectivity index (χ0) is 55.4. The number of hydrogen-bond donors (Lipinski definition) is 8. The highest BCUT2D eigenvalue weighted by Gasteiger charge is 2.44. The molecule has 0 aromatic rings. The molecule has 0 saturated carbocycles. The quantitative estimate of drug-likeness (QED) is 0.0215. The Labute approximate surface area is 467 Å². The molecule has 0 aromatic carbocycles. The average Bonchev–Trinajstić information content (AvgIpc) is 3.42. The van der Waals surface area contributed by atoms with Gasteiger partial charge in [-0.05, 0) is 51.4 Å². The Morgan fingerprint density at radius 2 is 0.789 bits per heavy atom. The van der Waals surface area contributed by atoms with Crippen molar-refractivity contribution in [1.82, 2.24) is 5.32 Å². The van der Waals surface area contributed by atoms with Crippen molar-refractivity contribution in [3.8, 4) is 0 Å². The molecule has 1 aliphatic heterocycles. The number of aliphatic hydroxyl groups is 7. The van der Waals surface area contributed by atoms with Crippen molar-refractivity contribution in [2.45, 2.75) is 371 Å². The largest absolute Gasteiger partial charge is 0.394 e. The topological polar surface area (TPSA) is 189 Å². The number of allylic oxidation sites excluding steroid dienone is 4. The van der Waals surface area contributed by atoms with Gasteiger partial charge >= 0.3 is 0 Å². The lowest BCUT2D eigenvalue weighted by Crippen LogP contribution is -2.60. The van der Waals surface area contributed by atoms with Crippen molar-refractivity contribution in [2.24, 2.45) is 0 Å². The van der Waals surface area contributed by atoms with Crippen LogP contribution in [-0.2, 0) is 14.3 Å². The lowest BCUT2D eigenvalue weighted by atomic mass is 9.98. The highest BCUT2D eigenvalue weighted by molar-refractivity contribution is 5.80. The van der Waals surface area contributed by atoms with E-state index in [0.717, 1.165) is 38.5 Å². The van der Waals surface area contributed by atoms with Gasteiger partial charge in [0, 0.05) is 0 Å². The van der Waals surface area contributed by atoms with Crippen LogP contribution in [0.4, 0.5) is 0 Å². The van der Waals surface area contributed by atoms with Gasteiger partial charge in [-0.25, -0.2) is 0 Å². The van der Waals surface area contributed by atoms with E-state index in [1.54, 1.807) is 0 Å². The third-order valence-electron chi connectivity index (χ3n) is 16.0. The minimum atomic E-state index is -1.67. The third kappa shape index (κ3) is 41.6. The molecule has 11 nitrogen and oxygen atoms in total. The van der Waals surface area contributed by atoms with Gasteiger partial charge in [-0.3, -0.25) is 4.79 Å². The minimum Gasteiger partial charge on any atom is -0.394 e. The molecule has 9 unspecified atom stereocenters. The van der Waals surface area contributed by atoms with Gasteiger partial charge in [0.15, 0.2) is 6.29 Å². The van der Waals surface area contributed by atoms with Gasteiger partial charge in [0.05, 0.1) is 25.4 Å². The molecule has 0 bridgehead atoms. The highest BCUT2D eigenvalue weighted by atomic mass is 16.7. The van der Waals surface area contributed by atoms with Crippen molar-refractivity contribution < 1.29 is 50.0 Å². The summed E-state index contributed by atoms with van der Waals surface area (Å²) in [5.74, 6) is -0.705. The first-order valence-electron chi connectivity index (χ1n) is 32.7. The van der Waals surface area contributed by atoms with Crippen LogP contribution >= 0.6 is 0 Å². The molecule has 76 heavy (non-hydrogen) atoms. The standard InChI is InChI=1S/C65H125NO10/c1-3-5-7-9-11-13-15-17-19-21-22-23-24-25-26-27-28-29-30-31-32-33-34-35-37-38-40-42-44-46-48-50-52-57(68)60(70)56(55-75-65-63(73)62(72)61(71)59(54-67)76-65)66-64(74)58(69)53-51-49-47-45-43-41-39-36-20-18-16-14-12-10-8-6-4-2/h37-38,44,46,56-63,65,67-73H,3-36,39-43,45,47-55H2,1-2H3,(H,66,74)/b38-37+,46-44+. The first kappa shape index (κ1) is 72.6. The van der Waals surface area contributed by atoms with E-state index in [0.29, 0.717) is 19.3 Å². The van der Waals surface area contributed by atoms with E-state index in [1.807, 2.05) is 0 Å². The number of carbonyl (C=O) groups excluding carboxylic acids is 1. The number of hydrogen-bond acceptors (Lipinski definition) is 10. The van der Waals surface area contributed by atoms with E-state index in [2.05, 4.69) is 43.5 Å². The van der Waals surface area contributed by atoms with Crippen LogP contribution in [-0.4, -0.2) is 110 Å². The molecule has 0 aliphatic carbocycles. The van der Waals surface area contributed by atoms with Crippen molar-refractivity contribution in [3.63, 3.8) is 0 Å². The summed E-state index contributed by atoms with van der Waals surface area (Å²) in [6.45, 7) is 3.48. The van der Waals surface area contributed by atoms with E-state index < -0.39 is 74.2 Å². The summed E-state index contributed by atoms with van der Waals surface area (Å²) in [7, 11) is 0. The lowest BCUT2D eigenvalue weighted by molar-refractivity contribution is -0.303. The predicted octanol–water partition coefficient (Wildman–Crippen LogP) is 14.9. The van der Waals surface area contributed by atoms with Crippen molar-refractivity contribution in [2.75, 3.05) is 13.2 Å². The monoisotopic (exact) mass is 1080 g/mol. The first-order valence-corrected chi connectivity index (χ1v) is 32.7. The van der Waals surface area contributed by atoms with Gasteiger partial charge in [0.25, 0.3) is 0 Å². The van der Waals surface area contributed by atoms with Crippen LogP contribution in [0, 0.1) is 0 Å². The highest BCUT2D eigenvalue weighted by Crippen LogP contribution is 2.24. The van der Waals surface area contributed by atoms with Gasteiger partial charge < -0.3 is 50.5 Å². The fourth-order valence-corrected chi connectivity index (χ4v) is 10.7. The van der Waals surface area contributed by atoms with Crippen LogP contribution in [0.25, 0.3) is 0 Å². The number of amides is 1. The Morgan fingerprint density at radius 1 is 0.447 bits per heavy atom. The summed E-state index contributed by atoms with van der Waals surface area (Å²) >= 11 is 0. The predicted molar refractivity (Wildman–Crippen MR) is 316 cm³/mol. The van der Waals surface area contributed by atoms with Crippen molar-refractivity contribution >= 4 is 5.91 Å². The molecule has 1 rings (SSSR count). The normalized spacial score (nSPS) is 19.7. The van der Waals surface area contributed by atoms with Crippen LogP contribution in [0.1, 0.15) is 316 Å². The van der Waals surface area contributed by atoms with Gasteiger partial charge in [0.1, 0.15) is 36.6 Å². The second-order valence-electron chi connectivity index (χ2n) is 23.2. The minimum absolute atomic E-state index is 0.249. The second kappa shape index (κ2) is 54.2. The molecule has 1 fully saturated rings. The maximum absolute atomic E-state index is 13.2. The molecule has 0 aromatic heterocycles. The fraction of sp³-hybridized carbons (Fsp3) is 0.923. The van der Waals surface area contributed by atoms with Crippen LogP contribution in [0.2, 0.25) is 0 Å². The number of nitrogens with one attached hydrogen (secondary N) is 1. The molecule has 8 N–H and O–H groups in total. The van der Waals surface area contributed by atoms with Gasteiger partial charge in [0.2, 0.25) is 5.91 Å². The molecule has 11 heteroatoms. The van der Waals surface area contributed by atoms with Crippen LogP contribution in [0.3, 0.4) is 0 Å². The Kier molecular flexibility index (Phi) is 51.8. The summed E-state index contributed by atoms with van der Waals surface area (Å²) in [6, 6.07) is -1.19. The summed E-state index contributed by atoms with van der Waals surface area (Å²) in [4.78, 5) is 13.2. The molecule has 1 aliphatic rings. The van der Waals surface area contributed by atoms with E-state index >= 15 is 0 Å². The van der Waals surface area contributed by atoms with Gasteiger partial charge in [-0.1, -0.05) is 289 Å². The molecule has 450 valence electrons. The number of ether oxygens (including phenoxy) is 2. The molecule has 0 radical (unpaired) electrons. The van der Waals surface area contributed by atoms with Crippen LogP contribution in [0.15, 0.2) is 24.3 Å². The van der Waals surface area contributed by atoms with Gasteiger partial charge in [-0.2, -0.15) is 0 Å². The number of aliphatic hydroxyl groups excluding tert-OH is 7. The Balaban J connectivity index is 2.23. The van der Waals surface area contributed by atoms with Crippen LogP contribution in [0.5, 0.6) is 0 Å². The zero-order valence-corrected chi connectivity index (χ0v) is 49.5. The van der Waals surface area contributed by atoms with Crippen LogP contribution < -0.4 is 5.32 Å². The average molecular weight is 1080 g/mol. The number of unbranched alkanes of at least 4 members (excludes halogenated alkanes) is 41. The lowest BCUT2D eigenvalue weighted by Gasteiger charge is -2.40. The summed E-state index contributed by atoms with van der Waals surface area (Å²) in [5.41, 5.74) is 0. The Morgan fingerprint density at radius 3 is 1.17 bits per heavy atom. The van der Waals surface area contributed by atoms with Gasteiger partial charge in [-0.15, -0.1) is 0 Å². The summed E-state index contributed by atoms with van der Waals surface area (Å²) in [5, 5.41) is 76.2.